The van der Waals surface area contributed by atoms with Gasteiger partial charge in [0.15, 0.2) is 5.69 Å². The van der Waals surface area contributed by atoms with Gasteiger partial charge in [-0.2, -0.15) is 0 Å². The number of hydrogen-bond acceptors (Lipinski definition) is 5. The minimum atomic E-state index is -1.11. The van der Waals surface area contributed by atoms with E-state index in [4.69, 9.17) is 10.8 Å². The summed E-state index contributed by atoms with van der Waals surface area (Å²) in [5.74, 6) is -0.907. The fourth-order valence-corrected chi connectivity index (χ4v) is 1.17. The number of amides is 1. The fourth-order valence-electron chi connectivity index (χ4n) is 1.17. The number of aromatic nitrogens is 2. The fraction of sp³-hybridized carbons (Fsp3) is 0.400. The Labute approximate surface area is 98.1 Å². The molecule has 0 aromatic carbocycles. The van der Waals surface area contributed by atoms with Gasteiger partial charge in [-0.1, -0.05) is 0 Å². The molecular weight excluding hydrogens is 224 g/mol. The van der Waals surface area contributed by atoms with Crippen LogP contribution in [0.1, 0.15) is 29.8 Å². The molecule has 1 aromatic heterocycles. The van der Waals surface area contributed by atoms with Crippen molar-refractivity contribution in [3.63, 3.8) is 0 Å². The Morgan fingerprint density at radius 1 is 1.29 bits per heavy atom. The minimum absolute atomic E-state index is 0.0933. The lowest BCUT2D eigenvalue weighted by Gasteiger charge is -2.04. The number of aromatic carboxylic acids is 1. The van der Waals surface area contributed by atoms with Crippen LogP contribution in [0.5, 0.6) is 0 Å². The summed E-state index contributed by atoms with van der Waals surface area (Å²) >= 11 is 0. The highest BCUT2D eigenvalue weighted by molar-refractivity contribution is 5.84. The van der Waals surface area contributed by atoms with Crippen LogP contribution in [-0.2, 0) is 4.79 Å². The van der Waals surface area contributed by atoms with Gasteiger partial charge in [0.1, 0.15) is 5.82 Å². The molecule has 0 aliphatic carbocycles. The van der Waals surface area contributed by atoms with Crippen molar-refractivity contribution >= 4 is 17.7 Å². The summed E-state index contributed by atoms with van der Waals surface area (Å²) < 4.78 is 0. The number of rotatable bonds is 7. The van der Waals surface area contributed by atoms with Crippen molar-refractivity contribution in [1.82, 2.24) is 9.97 Å². The molecule has 92 valence electrons. The number of hydrogen-bond donors (Lipinski definition) is 3. The number of nitrogens with one attached hydrogen (secondary N) is 1. The highest BCUT2D eigenvalue weighted by atomic mass is 16.4. The molecule has 0 aliphatic heterocycles. The van der Waals surface area contributed by atoms with Crippen molar-refractivity contribution in [2.75, 3.05) is 11.9 Å². The van der Waals surface area contributed by atoms with E-state index in [9.17, 15) is 9.59 Å². The number of carboxylic acid groups (broad SMARTS) is 1. The molecule has 0 spiro atoms. The van der Waals surface area contributed by atoms with Gasteiger partial charge in [-0.15, -0.1) is 0 Å². The SMILES string of the molecule is NC(=O)CCCCNc1cnc(C(=O)O)cn1. The third-order valence-electron chi connectivity index (χ3n) is 2.03. The number of carbonyl (C=O) groups is 2. The average Bonchev–Trinajstić information content (AvgIpc) is 2.29. The molecule has 0 fully saturated rings. The van der Waals surface area contributed by atoms with E-state index in [1.807, 2.05) is 0 Å². The second kappa shape index (κ2) is 6.41. The van der Waals surface area contributed by atoms with E-state index in [2.05, 4.69) is 15.3 Å². The van der Waals surface area contributed by atoms with E-state index >= 15 is 0 Å². The molecule has 0 saturated carbocycles. The standard InChI is InChI=1S/C10H14N4O3/c11-8(15)3-1-2-4-12-9-6-13-7(5-14-9)10(16)17/h5-6H,1-4H2,(H2,11,15)(H,12,14)(H,16,17). The molecule has 1 amide bonds. The van der Waals surface area contributed by atoms with E-state index in [-0.39, 0.29) is 11.6 Å². The Balaban J connectivity index is 2.27. The van der Waals surface area contributed by atoms with Gasteiger partial charge in [-0.25, -0.2) is 14.8 Å². The number of carboxylic acids is 1. The first-order valence-corrected chi connectivity index (χ1v) is 5.17. The molecule has 1 heterocycles. The first-order valence-electron chi connectivity index (χ1n) is 5.17. The molecular formula is C10H14N4O3. The molecule has 0 radical (unpaired) electrons. The van der Waals surface area contributed by atoms with Gasteiger partial charge in [0, 0.05) is 13.0 Å². The van der Waals surface area contributed by atoms with Crippen molar-refractivity contribution in [2.45, 2.75) is 19.3 Å². The maximum Gasteiger partial charge on any atom is 0.356 e. The zero-order chi connectivity index (χ0) is 12.7. The van der Waals surface area contributed by atoms with Crippen LogP contribution in [0.2, 0.25) is 0 Å². The number of nitrogens with zero attached hydrogens (tertiary/aromatic N) is 2. The van der Waals surface area contributed by atoms with Crippen LogP contribution in [0.25, 0.3) is 0 Å². The van der Waals surface area contributed by atoms with Crippen molar-refractivity contribution < 1.29 is 14.7 Å². The molecule has 1 aromatic rings. The van der Waals surface area contributed by atoms with E-state index in [1.165, 1.54) is 12.4 Å². The van der Waals surface area contributed by atoms with Gasteiger partial charge in [0.2, 0.25) is 5.91 Å². The summed E-state index contributed by atoms with van der Waals surface area (Å²) in [6.45, 7) is 0.633. The summed E-state index contributed by atoms with van der Waals surface area (Å²) in [4.78, 5) is 28.6. The lowest BCUT2D eigenvalue weighted by Crippen LogP contribution is -2.11. The molecule has 0 aliphatic rings. The number of nitrogens with two attached hydrogens (primary N) is 1. The first kappa shape index (κ1) is 12.9. The molecule has 0 saturated heterocycles. The predicted octanol–water partition coefficient (Wildman–Crippen LogP) is 0.242. The Hall–Kier alpha value is -2.18. The second-order valence-electron chi connectivity index (χ2n) is 3.44. The number of unbranched alkanes of at least 4 members (excludes halogenated alkanes) is 1. The van der Waals surface area contributed by atoms with Gasteiger partial charge in [-0.05, 0) is 12.8 Å². The monoisotopic (exact) mass is 238 g/mol. The van der Waals surface area contributed by atoms with Crippen LogP contribution >= 0.6 is 0 Å². The summed E-state index contributed by atoms with van der Waals surface area (Å²) in [6, 6.07) is 0. The molecule has 7 heteroatoms. The van der Waals surface area contributed by atoms with Gasteiger partial charge in [0.05, 0.1) is 12.4 Å². The van der Waals surface area contributed by atoms with Crippen LogP contribution in [0.4, 0.5) is 5.82 Å². The zero-order valence-electron chi connectivity index (χ0n) is 9.22. The van der Waals surface area contributed by atoms with E-state index in [0.717, 1.165) is 6.42 Å². The second-order valence-corrected chi connectivity index (χ2v) is 3.44. The molecule has 0 unspecified atom stereocenters. The Morgan fingerprint density at radius 2 is 2.06 bits per heavy atom. The van der Waals surface area contributed by atoms with Crippen LogP contribution in [-0.4, -0.2) is 33.5 Å². The van der Waals surface area contributed by atoms with E-state index in [0.29, 0.717) is 25.2 Å². The van der Waals surface area contributed by atoms with Gasteiger partial charge in [-0.3, -0.25) is 4.79 Å². The summed E-state index contributed by atoms with van der Waals surface area (Å²) in [5, 5.41) is 11.6. The van der Waals surface area contributed by atoms with Crippen LogP contribution < -0.4 is 11.1 Å². The van der Waals surface area contributed by atoms with Gasteiger partial charge >= 0.3 is 5.97 Å². The highest BCUT2D eigenvalue weighted by Gasteiger charge is 2.04. The van der Waals surface area contributed by atoms with Crippen molar-refractivity contribution in [3.05, 3.63) is 18.1 Å². The van der Waals surface area contributed by atoms with Crippen molar-refractivity contribution in [2.24, 2.45) is 5.73 Å². The third kappa shape index (κ3) is 4.92. The van der Waals surface area contributed by atoms with Crippen LogP contribution in [0.15, 0.2) is 12.4 Å². The quantitative estimate of drug-likeness (QED) is 0.585. The summed E-state index contributed by atoms with van der Waals surface area (Å²) in [7, 11) is 0. The smallest absolute Gasteiger partial charge is 0.356 e. The molecule has 4 N–H and O–H groups in total. The Morgan fingerprint density at radius 3 is 2.59 bits per heavy atom. The van der Waals surface area contributed by atoms with Crippen molar-refractivity contribution in [1.29, 1.82) is 0 Å². The van der Waals surface area contributed by atoms with Gasteiger partial charge < -0.3 is 16.2 Å². The molecule has 0 bridgehead atoms. The first-order chi connectivity index (χ1) is 8.09. The lowest BCUT2D eigenvalue weighted by molar-refractivity contribution is -0.118. The average molecular weight is 238 g/mol. The Bertz CT molecular complexity index is 391. The Kier molecular flexibility index (Phi) is 4.86. The number of primary amides is 1. The maximum atomic E-state index is 10.5. The highest BCUT2D eigenvalue weighted by Crippen LogP contribution is 2.02. The van der Waals surface area contributed by atoms with E-state index in [1.54, 1.807) is 0 Å². The van der Waals surface area contributed by atoms with Gasteiger partial charge in [0.25, 0.3) is 0 Å². The third-order valence-corrected chi connectivity index (χ3v) is 2.03. The van der Waals surface area contributed by atoms with Crippen LogP contribution in [0.3, 0.4) is 0 Å². The maximum absolute atomic E-state index is 10.5. The number of anilines is 1. The molecule has 7 nitrogen and oxygen atoms in total. The normalized spacial score (nSPS) is 9.88. The zero-order valence-corrected chi connectivity index (χ0v) is 9.22. The molecule has 0 atom stereocenters. The topological polar surface area (TPSA) is 118 Å². The summed E-state index contributed by atoms with van der Waals surface area (Å²) in [6.07, 6.45) is 4.41. The number of carbonyl (C=O) groups excluding carboxylic acids is 1. The molecule has 1 rings (SSSR count). The molecule has 17 heavy (non-hydrogen) atoms. The lowest BCUT2D eigenvalue weighted by atomic mass is 10.2. The minimum Gasteiger partial charge on any atom is -0.476 e. The van der Waals surface area contributed by atoms with Crippen LogP contribution in [0, 0.1) is 0 Å². The largest absolute Gasteiger partial charge is 0.476 e. The van der Waals surface area contributed by atoms with Crippen molar-refractivity contribution in [3.8, 4) is 0 Å². The van der Waals surface area contributed by atoms with E-state index < -0.39 is 5.97 Å². The summed E-state index contributed by atoms with van der Waals surface area (Å²) in [5.41, 5.74) is 4.90. The predicted molar refractivity (Wildman–Crippen MR) is 60.5 cm³/mol.